The Hall–Kier alpha value is -1.75. The molecule has 0 unspecified atom stereocenters. The summed E-state index contributed by atoms with van der Waals surface area (Å²) in [6.45, 7) is 6.48. The van der Waals surface area contributed by atoms with Gasteiger partial charge in [-0.15, -0.1) is 0 Å². The number of piperazine rings is 1. The quantitative estimate of drug-likeness (QED) is 0.860. The maximum absolute atomic E-state index is 5.88. The SMILES string of the molecule is CCCc1nc2cc(N)ccc2n1N1CCN(C)CC1. The van der Waals surface area contributed by atoms with Crippen molar-refractivity contribution in [1.29, 1.82) is 0 Å². The molecule has 1 fully saturated rings. The molecule has 3 rings (SSSR count). The number of imidazole rings is 1. The Bertz CT molecular complexity index is 596. The van der Waals surface area contributed by atoms with Gasteiger partial charge in [0.15, 0.2) is 0 Å². The van der Waals surface area contributed by atoms with Crippen molar-refractivity contribution >= 4 is 16.7 Å². The first-order chi connectivity index (χ1) is 9.69. The third-order valence-corrected chi connectivity index (χ3v) is 3.96. The zero-order valence-electron chi connectivity index (χ0n) is 12.3. The molecule has 1 aliphatic heterocycles. The molecule has 1 aromatic carbocycles. The lowest BCUT2D eigenvalue weighted by Crippen LogP contribution is -2.50. The van der Waals surface area contributed by atoms with E-state index in [0.29, 0.717) is 0 Å². The van der Waals surface area contributed by atoms with Gasteiger partial charge in [-0.25, -0.2) is 9.66 Å². The van der Waals surface area contributed by atoms with E-state index in [-0.39, 0.29) is 0 Å². The summed E-state index contributed by atoms with van der Waals surface area (Å²) in [5.74, 6) is 1.15. The lowest BCUT2D eigenvalue weighted by Gasteiger charge is -2.35. The molecule has 1 saturated heterocycles. The van der Waals surface area contributed by atoms with Crippen LogP contribution in [0.25, 0.3) is 11.0 Å². The van der Waals surface area contributed by atoms with Crippen molar-refractivity contribution in [3.05, 3.63) is 24.0 Å². The fraction of sp³-hybridized carbons (Fsp3) is 0.533. The molecule has 1 aromatic heterocycles. The van der Waals surface area contributed by atoms with Crippen LogP contribution >= 0.6 is 0 Å². The van der Waals surface area contributed by atoms with E-state index < -0.39 is 0 Å². The Morgan fingerprint density at radius 3 is 2.65 bits per heavy atom. The van der Waals surface area contributed by atoms with Gasteiger partial charge in [-0.1, -0.05) is 6.92 Å². The second-order valence-electron chi connectivity index (χ2n) is 5.59. The molecule has 2 N–H and O–H groups in total. The minimum Gasteiger partial charge on any atom is -0.399 e. The second-order valence-corrected chi connectivity index (χ2v) is 5.59. The summed E-state index contributed by atoms with van der Waals surface area (Å²) < 4.78 is 2.31. The number of benzene rings is 1. The van der Waals surface area contributed by atoms with Crippen LogP contribution in [0.4, 0.5) is 5.69 Å². The van der Waals surface area contributed by atoms with Crippen molar-refractivity contribution in [3.63, 3.8) is 0 Å². The third kappa shape index (κ3) is 2.33. The highest BCUT2D eigenvalue weighted by molar-refractivity contribution is 5.80. The molecule has 0 bridgehead atoms. The van der Waals surface area contributed by atoms with Crippen LogP contribution in [0.3, 0.4) is 0 Å². The summed E-state index contributed by atoms with van der Waals surface area (Å²) >= 11 is 0. The molecule has 5 heteroatoms. The summed E-state index contributed by atoms with van der Waals surface area (Å²) in [7, 11) is 2.18. The molecule has 0 radical (unpaired) electrons. The summed E-state index contributed by atoms with van der Waals surface area (Å²) in [6, 6.07) is 6.03. The van der Waals surface area contributed by atoms with Gasteiger partial charge in [0.05, 0.1) is 11.0 Å². The van der Waals surface area contributed by atoms with E-state index >= 15 is 0 Å². The smallest absolute Gasteiger partial charge is 0.128 e. The number of anilines is 1. The Labute approximate surface area is 119 Å². The van der Waals surface area contributed by atoms with E-state index in [2.05, 4.69) is 34.6 Å². The molecule has 0 amide bonds. The number of aryl methyl sites for hydroxylation is 1. The lowest BCUT2D eigenvalue weighted by molar-refractivity contribution is 0.287. The molecule has 0 atom stereocenters. The maximum atomic E-state index is 5.88. The monoisotopic (exact) mass is 273 g/mol. The van der Waals surface area contributed by atoms with Gasteiger partial charge < -0.3 is 15.6 Å². The van der Waals surface area contributed by atoms with Crippen molar-refractivity contribution in [2.75, 3.05) is 44.0 Å². The average molecular weight is 273 g/mol. The molecule has 5 nitrogen and oxygen atoms in total. The van der Waals surface area contributed by atoms with Crippen molar-refractivity contribution in [3.8, 4) is 0 Å². The predicted molar refractivity (Wildman–Crippen MR) is 83.6 cm³/mol. The molecule has 1 aliphatic rings. The zero-order chi connectivity index (χ0) is 14.1. The topological polar surface area (TPSA) is 50.3 Å². The lowest BCUT2D eigenvalue weighted by atomic mass is 10.3. The van der Waals surface area contributed by atoms with Gasteiger partial charge in [0.25, 0.3) is 0 Å². The van der Waals surface area contributed by atoms with Crippen LogP contribution in [0.5, 0.6) is 0 Å². The third-order valence-electron chi connectivity index (χ3n) is 3.96. The highest BCUT2D eigenvalue weighted by atomic mass is 15.6. The summed E-state index contributed by atoms with van der Waals surface area (Å²) in [4.78, 5) is 7.15. The van der Waals surface area contributed by atoms with E-state index in [4.69, 9.17) is 10.7 Å². The number of rotatable bonds is 3. The van der Waals surface area contributed by atoms with Gasteiger partial charge in [0.1, 0.15) is 5.82 Å². The van der Waals surface area contributed by atoms with Gasteiger partial charge in [-0.3, -0.25) is 0 Å². The molecular weight excluding hydrogens is 250 g/mol. The van der Waals surface area contributed by atoms with Crippen LogP contribution in [-0.4, -0.2) is 47.8 Å². The number of hydrogen-bond acceptors (Lipinski definition) is 4. The first-order valence-electron chi connectivity index (χ1n) is 7.39. The predicted octanol–water partition coefficient (Wildman–Crippen LogP) is 1.45. The number of nitrogen functional groups attached to an aromatic ring is 1. The van der Waals surface area contributed by atoms with Crippen LogP contribution in [0.2, 0.25) is 0 Å². The molecule has 0 spiro atoms. The minimum absolute atomic E-state index is 0.781. The van der Waals surface area contributed by atoms with E-state index in [9.17, 15) is 0 Å². The molecule has 0 aliphatic carbocycles. The van der Waals surface area contributed by atoms with Gasteiger partial charge in [-0.2, -0.15) is 0 Å². The zero-order valence-corrected chi connectivity index (χ0v) is 12.3. The van der Waals surface area contributed by atoms with Crippen LogP contribution in [0.15, 0.2) is 18.2 Å². The molecular formula is C15H23N5. The summed E-state index contributed by atoms with van der Waals surface area (Å²) in [5, 5.41) is 2.41. The van der Waals surface area contributed by atoms with Crippen molar-refractivity contribution < 1.29 is 0 Å². The Balaban J connectivity index is 2.04. The largest absolute Gasteiger partial charge is 0.399 e. The number of likely N-dealkylation sites (N-methyl/N-ethyl adjacent to an activating group) is 1. The van der Waals surface area contributed by atoms with E-state index in [1.165, 1.54) is 5.52 Å². The van der Waals surface area contributed by atoms with E-state index in [1.807, 2.05) is 12.1 Å². The Kier molecular flexibility index (Phi) is 3.53. The van der Waals surface area contributed by atoms with Crippen LogP contribution in [-0.2, 0) is 6.42 Å². The highest BCUT2D eigenvalue weighted by Crippen LogP contribution is 2.21. The van der Waals surface area contributed by atoms with Crippen LogP contribution in [0.1, 0.15) is 19.2 Å². The molecule has 2 aromatic rings. The van der Waals surface area contributed by atoms with Crippen LogP contribution < -0.4 is 10.7 Å². The van der Waals surface area contributed by atoms with E-state index in [0.717, 1.165) is 56.0 Å². The molecule has 0 saturated carbocycles. The Morgan fingerprint density at radius 2 is 1.95 bits per heavy atom. The highest BCUT2D eigenvalue weighted by Gasteiger charge is 2.19. The van der Waals surface area contributed by atoms with Crippen molar-refractivity contribution in [2.24, 2.45) is 0 Å². The van der Waals surface area contributed by atoms with Gasteiger partial charge in [-0.05, 0) is 31.7 Å². The maximum Gasteiger partial charge on any atom is 0.128 e. The van der Waals surface area contributed by atoms with Crippen molar-refractivity contribution in [1.82, 2.24) is 14.6 Å². The molecule has 2 heterocycles. The number of hydrogen-bond donors (Lipinski definition) is 1. The fourth-order valence-corrected chi connectivity index (χ4v) is 2.83. The normalized spacial score (nSPS) is 17.0. The van der Waals surface area contributed by atoms with Gasteiger partial charge in [0.2, 0.25) is 0 Å². The standard InChI is InChI=1S/C15H23N5/c1-3-4-15-17-13-11-12(16)5-6-14(13)20(15)19-9-7-18(2)8-10-19/h5-6,11H,3-4,7-10,16H2,1-2H3. The fourth-order valence-electron chi connectivity index (χ4n) is 2.83. The summed E-state index contributed by atoms with van der Waals surface area (Å²) in [5.41, 5.74) is 8.85. The Morgan fingerprint density at radius 1 is 1.20 bits per heavy atom. The second kappa shape index (κ2) is 5.32. The number of aromatic nitrogens is 2. The van der Waals surface area contributed by atoms with Crippen molar-refractivity contribution in [2.45, 2.75) is 19.8 Å². The van der Waals surface area contributed by atoms with E-state index in [1.54, 1.807) is 0 Å². The molecule has 108 valence electrons. The number of nitrogens with zero attached hydrogens (tertiary/aromatic N) is 4. The van der Waals surface area contributed by atoms with Gasteiger partial charge in [0, 0.05) is 38.3 Å². The first-order valence-corrected chi connectivity index (χ1v) is 7.39. The number of fused-ring (bicyclic) bond motifs is 1. The van der Waals surface area contributed by atoms with Gasteiger partial charge >= 0.3 is 0 Å². The minimum atomic E-state index is 0.781. The molecule has 20 heavy (non-hydrogen) atoms. The van der Waals surface area contributed by atoms with Crippen LogP contribution in [0, 0.1) is 0 Å². The average Bonchev–Trinajstić information content (AvgIpc) is 2.77. The summed E-state index contributed by atoms with van der Waals surface area (Å²) in [6.07, 6.45) is 2.10. The number of nitrogens with two attached hydrogens (primary N) is 1. The first kappa shape index (κ1) is 13.2.